The Morgan fingerprint density at radius 1 is 0.900 bits per heavy atom. The normalized spacial score (nSPS) is 10.8. The van der Waals surface area contributed by atoms with E-state index in [2.05, 4.69) is 15.6 Å². The molecule has 3 rings (SSSR count). The van der Waals surface area contributed by atoms with Crippen LogP contribution in [0.2, 0.25) is 0 Å². The average molecular weight is 429 g/mol. The number of hydrogen-bond acceptors (Lipinski definition) is 6. The number of hydrazine groups is 1. The summed E-state index contributed by atoms with van der Waals surface area (Å²) in [6.07, 6.45) is 2.58. The minimum Gasteiger partial charge on any atom is -0.494 e. The molecule has 3 N–H and O–H groups in total. The van der Waals surface area contributed by atoms with Crippen LogP contribution in [0, 0.1) is 0 Å². The van der Waals surface area contributed by atoms with E-state index in [1.165, 1.54) is 55.0 Å². The zero-order valence-corrected chi connectivity index (χ0v) is 16.7. The summed E-state index contributed by atoms with van der Waals surface area (Å²) in [5, 5.41) is 0. The lowest BCUT2D eigenvalue weighted by atomic mass is 10.2. The molecule has 0 spiro atoms. The third kappa shape index (κ3) is 5.17. The van der Waals surface area contributed by atoms with Crippen LogP contribution in [-0.2, 0) is 10.0 Å². The number of sulfonamides is 1. The van der Waals surface area contributed by atoms with E-state index in [9.17, 15) is 18.0 Å². The summed E-state index contributed by atoms with van der Waals surface area (Å²) < 4.78 is 37.5. The van der Waals surface area contributed by atoms with Crippen molar-refractivity contribution < 1.29 is 27.2 Å². The largest absolute Gasteiger partial charge is 0.494 e. The lowest BCUT2D eigenvalue weighted by Gasteiger charge is -2.10. The third-order valence-electron chi connectivity index (χ3n) is 3.92. The second-order valence-electron chi connectivity index (χ2n) is 6.01. The molecule has 0 aliphatic carbocycles. The molecule has 9 nitrogen and oxygen atoms in total. The number of carbonyl (C=O) groups excluding carboxylic acids is 2. The lowest BCUT2D eigenvalue weighted by molar-refractivity contribution is 0.0846. The third-order valence-corrected chi connectivity index (χ3v) is 5.31. The first-order valence-corrected chi connectivity index (χ1v) is 10.4. The van der Waals surface area contributed by atoms with E-state index in [1.807, 2.05) is 6.92 Å². The predicted octanol–water partition coefficient (Wildman–Crippen LogP) is 2.55. The molecule has 3 aromatic rings. The van der Waals surface area contributed by atoms with Crippen LogP contribution in [0.25, 0.3) is 0 Å². The summed E-state index contributed by atoms with van der Waals surface area (Å²) in [6.45, 7) is 2.32. The molecule has 0 saturated heterocycles. The van der Waals surface area contributed by atoms with E-state index < -0.39 is 21.8 Å². The number of carbonyl (C=O) groups is 2. The summed E-state index contributed by atoms with van der Waals surface area (Å²) in [5.74, 6) is -0.517. The fraction of sp³-hybridized carbons (Fsp3) is 0.100. The van der Waals surface area contributed by atoms with E-state index in [1.54, 1.807) is 12.1 Å². The smallest absolute Gasteiger partial charge is 0.272 e. The quantitative estimate of drug-likeness (QED) is 0.496. The van der Waals surface area contributed by atoms with Crippen LogP contribution in [0.4, 0.5) is 5.69 Å². The van der Waals surface area contributed by atoms with Gasteiger partial charge in [-0.3, -0.25) is 25.2 Å². The van der Waals surface area contributed by atoms with Crippen molar-refractivity contribution >= 4 is 27.5 Å². The Hall–Kier alpha value is -3.79. The molecule has 0 bridgehead atoms. The Labute approximate surface area is 173 Å². The van der Waals surface area contributed by atoms with Gasteiger partial charge in [-0.15, -0.1) is 0 Å². The van der Waals surface area contributed by atoms with E-state index in [0.717, 1.165) is 0 Å². The standard InChI is InChI=1S/C20H19N3O6S/c1-2-29-17-7-9-18(10-8-17)30(26,27)23-16-5-3-14(4-6-16)19(24)21-22-20(25)15-11-12-28-13-15/h3-13,23H,2H2,1H3,(H,21,24)(H,22,25). The maximum absolute atomic E-state index is 12.5. The van der Waals surface area contributed by atoms with Crippen molar-refractivity contribution in [2.24, 2.45) is 0 Å². The number of furan rings is 1. The molecule has 1 heterocycles. The fourth-order valence-electron chi connectivity index (χ4n) is 2.44. The molecular weight excluding hydrogens is 410 g/mol. The van der Waals surface area contributed by atoms with E-state index in [4.69, 9.17) is 9.15 Å². The lowest BCUT2D eigenvalue weighted by Crippen LogP contribution is -2.41. The van der Waals surface area contributed by atoms with Crippen molar-refractivity contribution in [3.05, 3.63) is 78.3 Å². The Kier molecular flexibility index (Phi) is 6.38. The molecule has 0 saturated carbocycles. The van der Waals surface area contributed by atoms with Crippen LogP contribution in [0.15, 0.2) is 76.4 Å². The van der Waals surface area contributed by atoms with Crippen LogP contribution in [-0.4, -0.2) is 26.8 Å². The van der Waals surface area contributed by atoms with Gasteiger partial charge >= 0.3 is 0 Å². The number of nitrogens with one attached hydrogen (secondary N) is 3. The number of ether oxygens (including phenoxy) is 1. The molecule has 0 atom stereocenters. The maximum atomic E-state index is 12.5. The van der Waals surface area contributed by atoms with Gasteiger partial charge in [0.25, 0.3) is 21.8 Å². The van der Waals surface area contributed by atoms with Crippen molar-refractivity contribution in [3.8, 4) is 5.75 Å². The summed E-state index contributed by atoms with van der Waals surface area (Å²) in [5.41, 5.74) is 5.28. The molecular formula is C20H19N3O6S. The first-order chi connectivity index (χ1) is 14.4. The monoisotopic (exact) mass is 429 g/mol. The molecule has 0 aliphatic rings. The van der Waals surface area contributed by atoms with E-state index in [-0.39, 0.29) is 21.7 Å². The van der Waals surface area contributed by atoms with Crippen LogP contribution in [0.5, 0.6) is 5.75 Å². The van der Waals surface area contributed by atoms with Gasteiger partial charge in [-0.1, -0.05) is 0 Å². The number of anilines is 1. The van der Waals surface area contributed by atoms with Crippen LogP contribution < -0.4 is 20.3 Å². The van der Waals surface area contributed by atoms with Gasteiger partial charge in [0.15, 0.2) is 0 Å². The van der Waals surface area contributed by atoms with Gasteiger partial charge in [-0.2, -0.15) is 0 Å². The summed E-state index contributed by atoms with van der Waals surface area (Å²) in [6, 6.07) is 13.2. The van der Waals surface area contributed by atoms with Crippen molar-refractivity contribution in [2.45, 2.75) is 11.8 Å². The van der Waals surface area contributed by atoms with Crippen molar-refractivity contribution in [1.29, 1.82) is 0 Å². The fourth-order valence-corrected chi connectivity index (χ4v) is 3.50. The molecule has 10 heteroatoms. The molecule has 0 radical (unpaired) electrons. The number of benzene rings is 2. The van der Waals surface area contributed by atoms with Crippen LogP contribution >= 0.6 is 0 Å². The summed E-state index contributed by atoms with van der Waals surface area (Å²) in [4.78, 5) is 24.0. The molecule has 2 aromatic carbocycles. The van der Waals surface area contributed by atoms with Gasteiger partial charge in [0, 0.05) is 11.3 Å². The maximum Gasteiger partial charge on any atom is 0.272 e. The van der Waals surface area contributed by atoms with E-state index in [0.29, 0.717) is 12.4 Å². The number of rotatable bonds is 7. The highest BCUT2D eigenvalue weighted by Gasteiger charge is 2.15. The molecule has 0 unspecified atom stereocenters. The van der Waals surface area contributed by atoms with Gasteiger partial charge in [-0.25, -0.2) is 8.42 Å². The molecule has 156 valence electrons. The van der Waals surface area contributed by atoms with E-state index >= 15 is 0 Å². The molecule has 0 fully saturated rings. The summed E-state index contributed by atoms with van der Waals surface area (Å²) in [7, 11) is -3.80. The van der Waals surface area contributed by atoms with Gasteiger partial charge in [-0.05, 0) is 61.5 Å². The van der Waals surface area contributed by atoms with Crippen LogP contribution in [0.1, 0.15) is 27.6 Å². The van der Waals surface area contributed by atoms with Gasteiger partial charge in [0.1, 0.15) is 12.0 Å². The molecule has 0 aliphatic heterocycles. The van der Waals surface area contributed by atoms with Crippen molar-refractivity contribution in [2.75, 3.05) is 11.3 Å². The average Bonchev–Trinajstić information content (AvgIpc) is 3.28. The summed E-state index contributed by atoms with van der Waals surface area (Å²) >= 11 is 0. The molecule has 1 aromatic heterocycles. The predicted molar refractivity (Wildman–Crippen MR) is 109 cm³/mol. The first kappa shape index (κ1) is 20.9. The Morgan fingerprint density at radius 3 is 2.10 bits per heavy atom. The Bertz CT molecular complexity index is 1110. The highest BCUT2D eigenvalue weighted by Crippen LogP contribution is 2.19. The molecule has 2 amide bonds. The zero-order valence-electron chi connectivity index (χ0n) is 15.9. The second kappa shape index (κ2) is 9.14. The van der Waals surface area contributed by atoms with Crippen LogP contribution in [0.3, 0.4) is 0 Å². The molecule has 30 heavy (non-hydrogen) atoms. The SMILES string of the molecule is CCOc1ccc(S(=O)(=O)Nc2ccc(C(=O)NNC(=O)c3ccoc3)cc2)cc1. The highest BCUT2D eigenvalue weighted by molar-refractivity contribution is 7.92. The Morgan fingerprint density at radius 2 is 1.53 bits per heavy atom. The highest BCUT2D eigenvalue weighted by atomic mass is 32.2. The topological polar surface area (TPSA) is 127 Å². The Balaban J connectivity index is 1.60. The van der Waals surface area contributed by atoms with Crippen molar-refractivity contribution in [1.82, 2.24) is 10.9 Å². The number of amides is 2. The van der Waals surface area contributed by atoms with Gasteiger partial charge in [0.2, 0.25) is 0 Å². The van der Waals surface area contributed by atoms with Crippen molar-refractivity contribution in [3.63, 3.8) is 0 Å². The number of hydrogen-bond donors (Lipinski definition) is 3. The minimum absolute atomic E-state index is 0.0785. The second-order valence-corrected chi connectivity index (χ2v) is 7.69. The minimum atomic E-state index is -3.80. The zero-order chi connectivity index (χ0) is 21.6. The van der Waals surface area contributed by atoms with Gasteiger partial charge in [0.05, 0.1) is 23.3 Å². The first-order valence-electron chi connectivity index (χ1n) is 8.87. The van der Waals surface area contributed by atoms with Gasteiger partial charge < -0.3 is 9.15 Å².